The topological polar surface area (TPSA) is 69.7 Å². The van der Waals surface area contributed by atoms with Gasteiger partial charge < -0.3 is 4.74 Å². The van der Waals surface area contributed by atoms with E-state index in [1.807, 2.05) is 0 Å². The highest BCUT2D eigenvalue weighted by Crippen LogP contribution is 2.65. The summed E-state index contributed by atoms with van der Waals surface area (Å²) in [4.78, 5) is 11.4. The van der Waals surface area contributed by atoms with E-state index >= 15 is 0 Å². The molecule has 0 aromatic heterocycles. The molecular formula is C16H24O5S. The van der Waals surface area contributed by atoms with Crippen LogP contribution in [0, 0.1) is 22.7 Å². The van der Waals surface area contributed by atoms with E-state index in [9.17, 15) is 13.2 Å². The lowest BCUT2D eigenvalue weighted by atomic mass is 9.44. The Morgan fingerprint density at radius 3 is 2.23 bits per heavy atom. The van der Waals surface area contributed by atoms with Crippen LogP contribution in [-0.4, -0.2) is 33.9 Å². The van der Waals surface area contributed by atoms with Gasteiger partial charge in [-0.25, -0.2) is 4.79 Å². The van der Waals surface area contributed by atoms with Gasteiger partial charge in [0, 0.05) is 11.5 Å². The summed E-state index contributed by atoms with van der Waals surface area (Å²) in [7, 11) is -3.42. The van der Waals surface area contributed by atoms with Gasteiger partial charge in [-0.1, -0.05) is 6.58 Å². The van der Waals surface area contributed by atoms with Crippen molar-refractivity contribution in [1.82, 2.24) is 0 Å². The summed E-state index contributed by atoms with van der Waals surface area (Å²) >= 11 is 0. The lowest BCUT2D eigenvalue weighted by molar-refractivity contribution is -0.164. The third-order valence-electron chi connectivity index (χ3n) is 5.57. The summed E-state index contributed by atoms with van der Waals surface area (Å²) in [5, 5.41) is 0. The Morgan fingerprint density at radius 2 is 1.73 bits per heavy atom. The highest BCUT2D eigenvalue weighted by atomic mass is 32.2. The zero-order valence-corrected chi connectivity index (χ0v) is 13.9. The normalized spacial score (nSPS) is 39.7. The fourth-order valence-electron chi connectivity index (χ4n) is 5.50. The van der Waals surface area contributed by atoms with Crippen LogP contribution in [0.15, 0.2) is 12.7 Å². The molecule has 0 aromatic carbocycles. The van der Waals surface area contributed by atoms with Crippen LogP contribution in [0.2, 0.25) is 0 Å². The van der Waals surface area contributed by atoms with Crippen LogP contribution in [-0.2, 0) is 23.8 Å². The molecule has 6 heteroatoms. The van der Waals surface area contributed by atoms with Crippen molar-refractivity contribution in [2.75, 3.05) is 19.5 Å². The molecule has 4 saturated carbocycles. The van der Waals surface area contributed by atoms with Crippen LogP contribution in [0.25, 0.3) is 0 Å². The molecule has 2 unspecified atom stereocenters. The quantitative estimate of drug-likeness (QED) is 0.425. The Bertz CT molecular complexity index is 565. The van der Waals surface area contributed by atoms with Crippen molar-refractivity contribution in [2.24, 2.45) is 22.7 Å². The van der Waals surface area contributed by atoms with Crippen LogP contribution < -0.4 is 0 Å². The van der Waals surface area contributed by atoms with Crippen LogP contribution in [0.5, 0.6) is 0 Å². The molecule has 0 aliphatic heterocycles. The molecule has 4 bridgehead atoms. The van der Waals surface area contributed by atoms with E-state index in [-0.39, 0.29) is 23.4 Å². The minimum Gasteiger partial charge on any atom is -0.462 e. The zero-order chi connectivity index (χ0) is 16.0. The summed E-state index contributed by atoms with van der Waals surface area (Å²) < 4.78 is 33.2. The monoisotopic (exact) mass is 328 g/mol. The van der Waals surface area contributed by atoms with Gasteiger partial charge in [0.05, 0.1) is 19.5 Å². The molecule has 4 aliphatic carbocycles. The average Bonchev–Trinajstić information content (AvgIpc) is 2.41. The van der Waals surface area contributed by atoms with E-state index in [0.717, 1.165) is 38.4 Å². The van der Waals surface area contributed by atoms with Crippen LogP contribution >= 0.6 is 0 Å². The van der Waals surface area contributed by atoms with E-state index in [0.29, 0.717) is 18.4 Å². The smallest absolute Gasteiger partial charge is 0.330 e. The van der Waals surface area contributed by atoms with Gasteiger partial charge in [-0.15, -0.1) is 0 Å². The molecule has 4 rings (SSSR count). The van der Waals surface area contributed by atoms with Crippen molar-refractivity contribution in [3.8, 4) is 0 Å². The summed E-state index contributed by atoms with van der Waals surface area (Å²) in [5.74, 6) is 0.830. The minimum atomic E-state index is -3.42. The van der Waals surface area contributed by atoms with Crippen molar-refractivity contribution in [3.05, 3.63) is 12.7 Å². The maximum Gasteiger partial charge on any atom is 0.330 e. The Labute approximate surface area is 132 Å². The van der Waals surface area contributed by atoms with Gasteiger partial charge in [0.1, 0.15) is 0 Å². The van der Waals surface area contributed by atoms with Crippen molar-refractivity contribution < 1.29 is 22.1 Å². The molecule has 0 N–H and O–H groups in total. The second-order valence-electron chi connectivity index (χ2n) is 7.74. The van der Waals surface area contributed by atoms with Crippen molar-refractivity contribution in [3.63, 3.8) is 0 Å². The number of hydrogen-bond acceptors (Lipinski definition) is 5. The lowest BCUT2D eigenvalue weighted by Crippen LogP contribution is -2.55. The van der Waals surface area contributed by atoms with Crippen molar-refractivity contribution >= 4 is 16.1 Å². The predicted octanol–water partition coefficient (Wildman–Crippen LogP) is 2.28. The van der Waals surface area contributed by atoms with Crippen molar-refractivity contribution in [1.29, 1.82) is 0 Å². The minimum absolute atomic E-state index is 0.00359. The Hall–Kier alpha value is -0.880. The molecule has 2 atom stereocenters. The fourth-order valence-corrected chi connectivity index (χ4v) is 5.97. The van der Waals surface area contributed by atoms with Crippen LogP contribution in [0.1, 0.15) is 38.5 Å². The van der Waals surface area contributed by atoms with Gasteiger partial charge in [0.15, 0.2) is 0 Å². The highest BCUT2D eigenvalue weighted by molar-refractivity contribution is 7.85. The molecule has 0 spiro atoms. The number of rotatable bonds is 6. The second kappa shape index (κ2) is 5.34. The number of hydrogen-bond donors (Lipinski definition) is 0. The largest absolute Gasteiger partial charge is 0.462 e. The lowest BCUT2D eigenvalue weighted by Gasteiger charge is -2.61. The van der Waals surface area contributed by atoms with E-state index in [2.05, 4.69) is 6.58 Å². The van der Waals surface area contributed by atoms with E-state index in [4.69, 9.17) is 8.92 Å². The van der Waals surface area contributed by atoms with Gasteiger partial charge in [-0.3, -0.25) is 4.18 Å². The first-order chi connectivity index (χ1) is 10.2. The number of esters is 1. The maximum absolute atomic E-state index is 11.4. The molecule has 0 amide bonds. The molecule has 4 aliphatic rings. The first kappa shape index (κ1) is 16.0. The Balaban J connectivity index is 1.74. The van der Waals surface area contributed by atoms with Crippen molar-refractivity contribution in [2.45, 2.75) is 38.5 Å². The summed E-state index contributed by atoms with van der Waals surface area (Å²) in [6, 6.07) is 0. The van der Waals surface area contributed by atoms with E-state index < -0.39 is 10.1 Å². The zero-order valence-electron chi connectivity index (χ0n) is 13.0. The van der Waals surface area contributed by atoms with Gasteiger partial charge in [-0.05, 0) is 55.8 Å². The summed E-state index contributed by atoms with van der Waals surface area (Å²) in [6.07, 6.45) is 8.65. The Kier molecular flexibility index (Phi) is 3.88. The molecule has 5 nitrogen and oxygen atoms in total. The number of ether oxygens (including phenoxy) is 1. The standard InChI is InChI=1S/C16H24O5S/c1-3-14(17)20-10-15-5-12-4-13(6-15)8-16(7-12,9-15)11-21-22(2,18)19/h3,12-13H,1,4-11H2,2H3. The molecule has 4 fully saturated rings. The summed E-state index contributed by atoms with van der Waals surface area (Å²) in [5.41, 5.74) is -0.0582. The molecular weight excluding hydrogens is 304 g/mol. The number of carbonyl (C=O) groups excluding carboxylic acids is 1. The summed E-state index contributed by atoms with van der Waals surface area (Å²) in [6.45, 7) is 4.13. The highest BCUT2D eigenvalue weighted by Gasteiger charge is 2.58. The Morgan fingerprint density at radius 1 is 1.18 bits per heavy atom. The average molecular weight is 328 g/mol. The SMILES string of the molecule is C=CC(=O)OCC12CC3CC(C1)CC(COS(C)(=O)=O)(C3)C2. The molecule has 22 heavy (non-hydrogen) atoms. The first-order valence-corrected chi connectivity index (χ1v) is 9.69. The van der Waals surface area contributed by atoms with Crippen LogP contribution in [0.3, 0.4) is 0 Å². The van der Waals surface area contributed by atoms with E-state index in [1.165, 1.54) is 12.5 Å². The van der Waals surface area contributed by atoms with Crippen LogP contribution in [0.4, 0.5) is 0 Å². The number of carbonyl (C=O) groups is 1. The third-order valence-corrected chi connectivity index (χ3v) is 6.12. The molecule has 0 radical (unpaired) electrons. The van der Waals surface area contributed by atoms with E-state index in [1.54, 1.807) is 0 Å². The van der Waals surface area contributed by atoms with Gasteiger partial charge in [-0.2, -0.15) is 8.42 Å². The molecule has 0 saturated heterocycles. The molecule has 0 aromatic rings. The molecule has 124 valence electrons. The van der Waals surface area contributed by atoms with Gasteiger partial charge in [0.2, 0.25) is 0 Å². The third kappa shape index (κ3) is 3.23. The maximum atomic E-state index is 11.4. The fraction of sp³-hybridized carbons (Fsp3) is 0.812. The predicted molar refractivity (Wildman–Crippen MR) is 81.5 cm³/mol. The first-order valence-electron chi connectivity index (χ1n) is 7.87. The second-order valence-corrected chi connectivity index (χ2v) is 9.38. The molecule has 0 heterocycles. The van der Waals surface area contributed by atoms with Gasteiger partial charge >= 0.3 is 5.97 Å². The van der Waals surface area contributed by atoms with Gasteiger partial charge in [0.25, 0.3) is 10.1 Å².